The molecule has 3 amide bonds. The fraction of sp³-hybridized carbons (Fsp3) is 0.471. The third-order valence-corrected chi connectivity index (χ3v) is 3.71. The van der Waals surface area contributed by atoms with Crippen LogP contribution in [0.15, 0.2) is 24.3 Å². The number of carbonyl (C=O) groups is 3. The number of nitrogens with one attached hydrogen (secondary N) is 2. The summed E-state index contributed by atoms with van der Waals surface area (Å²) >= 11 is 0. The highest BCUT2D eigenvalue weighted by molar-refractivity contribution is 5.93. The van der Waals surface area contributed by atoms with Crippen LogP contribution in [0, 0.1) is 5.82 Å². The van der Waals surface area contributed by atoms with Gasteiger partial charge in [0.25, 0.3) is 0 Å². The van der Waals surface area contributed by atoms with Crippen LogP contribution in [0.4, 0.5) is 4.39 Å². The van der Waals surface area contributed by atoms with E-state index in [9.17, 15) is 18.8 Å². The molecular formula is C17H25FN4O3. The van der Waals surface area contributed by atoms with Crippen LogP contribution in [0.5, 0.6) is 0 Å². The number of amides is 3. The first kappa shape index (κ1) is 20.6. The van der Waals surface area contributed by atoms with Gasteiger partial charge in [-0.3, -0.25) is 14.4 Å². The van der Waals surface area contributed by atoms with E-state index in [0.29, 0.717) is 19.4 Å². The predicted molar refractivity (Wildman–Crippen MR) is 91.7 cm³/mol. The van der Waals surface area contributed by atoms with Gasteiger partial charge < -0.3 is 22.1 Å². The molecule has 1 aromatic rings. The number of nitrogens with two attached hydrogens (primary N) is 2. The second-order valence-electron chi connectivity index (χ2n) is 6.30. The molecule has 138 valence electrons. The van der Waals surface area contributed by atoms with Gasteiger partial charge >= 0.3 is 0 Å². The second kappa shape index (κ2) is 9.12. The average molecular weight is 352 g/mol. The summed E-state index contributed by atoms with van der Waals surface area (Å²) in [4.78, 5) is 35.9. The Hall–Kier alpha value is -2.48. The molecule has 0 bridgehead atoms. The minimum Gasteiger partial charge on any atom is -0.368 e. The van der Waals surface area contributed by atoms with Crippen molar-refractivity contribution in [2.45, 2.75) is 44.7 Å². The van der Waals surface area contributed by atoms with Crippen LogP contribution in [0.25, 0.3) is 0 Å². The van der Waals surface area contributed by atoms with Crippen LogP contribution in [-0.2, 0) is 20.8 Å². The summed E-state index contributed by atoms with van der Waals surface area (Å²) in [6.07, 6.45) is 0.591. The largest absolute Gasteiger partial charge is 0.368 e. The molecular weight excluding hydrogens is 327 g/mol. The van der Waals surface area contributed by atoms with Gasteiger partial charge in [0.1, 0.15) is 17.4 Å². The zero-order valence-electron chi connectivity index (χ0n) is 14.5. The molecule has 0 saturated heterocycles. The summed E-state index contributed by atoms with van der Waals surface area (Å²) in [6, 6.07) is 5.03. The van der Waals surface area contributed by atoms with Crippen molar-refractivity contribution >= 4 is 17.7 Å². The molecule has 1 atom stereocenters. The SMILES string of the molecule is CC(C)(NC(=O)[C@@H](CCCN)NC(=O)Cc1ccccc1F)C(N)=O. The number of primary amides is 1. The van der Waals surface area contributed by atoms with Crippen molar-refractivity contribution in [3.8, 4) is 0 Å². The quantitative estimate of drug-likeness (QED) is 0.498. The Balaban J connectivity index is 2.77. The molecule has 0 saturated carbocycles. The molecule has 25 heavy (non-hydrogen) atoms. The van der Waals surface area contributed by atoms with Crippen molar-refractivity contribution in [1.82, 2.24) is 10.6 Å². The summed E-state index contributed by atoms with van der Waals surface area (Å²) in [5.74, 6) is -2.23. The van der Waals surface area contributed by atoms with Gasteiger partial charge in [0, 0.05) is 0 Å². The van der Waals surface area contributed by atoms with Gasteiger partial charge in [0.15, 0.2) is 0 Å². The van der Waals surface area contributed by atoms with E-state index in [1.807, 2.05) is 0 Å². The van der Waals surface area contributed by atoms with Crippen LogP contribution < -0.4 is 22.1 Å². The van der Waals surface area contributed by atoms with Gasteiger partial charge in [0.2, 0.25) is 17.7 Å². The van der Waals surface area contributed by atoms with E-state index < -0.39 is 35.1 Å². The van der Waals surface area contributed by atoms with Gasteiger partial charge in [-0.15, -0.1) is 0 Å². The molecule has 7 nitrogen and oxygen atoms in total. The van der Waals surface area contributed by atoms with Crippen LogP contribution in [0.3, 0.4) is 0 Å². The zero-order chi connectivity index (χ0) is 19.0. The van der Waals surface area contributed by atoms with Crippen molar-refractivity contribution in [1.29, 1.82) is 0 Å². The molecule has 0 radical (unpaired) electrons. The highest BCUT2D eigenvalue weighted by Crippen LogP contribution is 2.08. The summed E-state index contributed by atoms with van der Waals surface area (Å²) in [5.41, 5.74) is 9.67. The highest BCUT2D eigenvalue weighted by Gasteiger charge is 2.30. The van der Waals surface area contributed by atoms with Gasteiger partial charge in [-0.25, -0.2) is 4.39 Å². The molecule has 0 aliphatic heterocycles. The molecule has 0 fully saturated rings. The maximum absolute atomic E-state index is 13.6. The number of benzene rings is 1. The van der Waals surface area contributed by atoms with Crippen molar-refractivity contribution in [3.05, 3.63) is 35.6 Å². The lowest BCUT2D eigenvalue weighted by Gasteiger charge is -2.26. The van der Waals surface area contributed by atoms with Crippen LogP contribution >= 0.6 is 0 Å². The lowest BCUT2D eigenvalue weighted by molar-refractivity contribution is -0.133. The Morgan fingerprint density at radius 2 is 1.88 bits per heavy atom. The van der Waals surface area contributed by atoms with E-state index in [2.05, 4.69) is 10.6 Å². The third kappa shape index (κ3) is 6.50. The molecule has 6 N–H and O–H groups in total. The molecule has 0 aromatic heterocycles. The summed E-state index contributed by atoms with van der Waals surface area (Å²) in [6.45, 7) is 3.27. The molecule has 1 rings (SSSR count). The van der Waals surface area contributed by atoms with E-state index in [1.165, 1.54) is 32.0 Å². The average Bonchev–Trinajstić information content (AvgIpc) is 2.53. The van der Waals surface area contributed by atoms with E-state index in [0.717, 1.165) is 0 Å². The number of hydrogen-bond donors (Lipinski definition) is 4. The van der Waals surface area contributed by atoms with E-state index in [1.54, 1.807) is 6.07 Å². The van der Waals surface area contributed by atoms with Crippen LogP contribution in [0.2, 0.25) is 0 Å². The maximum Gasteiger partial charge on any atom is 0.243 e. The second-order valence-corrected chi connectivity index (χ2v) is 6.30. The van der Waals surface area contributed by atoms with Crippen LogP contribution in [0.1, 0.15) is 32.3 Å². The Kier molecular flexibility index (Phi) is 7.50. The van der Waals surface area contributed by atoms with Gasteiger partial charge in [-0.1, -0.05) is 18.2 Å². The first-order chi connectivity index (χ1) is 11.7. The van der Waals surface area contributed by atoms with Crippen molar-refractivity contribution < 1.29 is 18.8 Å². The lowest BCUT2D eigenvalue weighted by atomic mass is 10.0. The minimum atomic E-state index is -1.26. The first-order valence-corrected chi connectivity index (χ1v) is 8.02. The Morgan fingerprint density at radius 3 is 2.44 bits per heavy atom. The summed E-state index contributed by atoms with van der Waals surface area (Å²) in [5, 5.41) is 5.07. The maximum atomic E-state index is 13.6. The normalized spacial score (nSPS) is 12.3. The number of rotatable bonds is 9. The topological polar surface area (TPSA) is 127 Å². The summed E-state index contributed by atoms with van der Waals surface area (Å²) < 4.78 is 13.6. The smallest absolute Gasteiger partial charge is 0.243 e. The number of carbonyl (C=O) groups excluding carboxylic acids is 3. The minimum absolute atomic E-state index is 0.196. The summed E-state index contributed by atoms with van der Waals surface area (Å²) in [7, 11) is 0. The number of hydrogen-bond acceptors (Lipinski definition) is 4. The Labute approximate surface area is 146 Å². The molecule has 0 spiro atoms. The van der Waals surface area contributed by atoms with Gasteiger partial charge in [0.05, 0.1) is 6.42 Å². The molecule has 0 aliphatic rings. The first-order valence-electron chi connectivity index (χ1n) is 8.02. The highest BCUT2D eigenvalue weighted by atomic mass is 19.1. The monoisotopic (exact) mass is 352 g/mol. The van der Waals surface area contributed by atoms with Gasteiger partial charge in [-0.2, -0.15) is 0 Å². The number of halogens is 1. The van der Waals surface area contributed by atoms with Gasteiger partial charge in [-0.05, 0) is 44.9 Å². The van der Waals surface area contributed by atoms with E-state index >= 15 is 0 Å². The predicted octanol–water partition coefficient (Wildman–Crippen LogP) is -0.0280. The molecule has 0 heterocycles. The van der Waals surface area contributed by atoms with Crippen molar-refractivity contribution in [2.75, 3.05) is 6.54 Å². The standard InChI is InChI=1S/C17H25FN4O3/c1-17(2,16(20)25)22-15(24)13(8-5-9-19)21-14(23)10-11-6-3-4-7-12(11)18/h3-4,6-7,13H,5,8-10,19H2,1-2H3,(H2,20,25)(H,21,23)(H,22,24)/t13-/m1/s1. The van der Waals surface area contributed by atoms with Crippen LogP contribution in [-0.4, -0.2) is 35.8 Å². The Bertz CT molecular complexity index is 634. The van der Waals surface area contributed by atoms with E-state index in [4.69, 9.17) is 11.5 Å². The third-order valence-electron chi connectivity index (χ3n) is 3.71. The lowest BCUT2D eigenvalue weighted by Crippen LogP contribution is -2.58. The molecule has 8 heteroatoms. The fourth-order valence-electron chi connectivity index (χ4n) is 2.11. The van der Waals surface area contributed by atoms with Crippen molar-refractivity contribution in [3.63, 3.8) is 0 Å². The van der Waals surface area contributed by atoms with Crippen molar-refractivity contribution in [2.24, 2.45) is 11.5 Å². The zero-order valence-corrected chi connectivity index (χ0v) is 14.5. The Morgan fingerprint density at radius 1 is 1.24 bits per heavy atom. The molecule has 0 aliphatic carbocycles. The van der Waals surface area contributed by atoms with E-state index in [-0.39, 0.29) is 12.0 Å². The molecule has 0 unspecified atom stereocenters. The molecule has 1 aromatic carbocycles. The fourth-order valence-corrected chi connectivity index (χ4v) is 2.11.